The summed E-state index contributed by atoms with van der Waals surface area (Å²) in [5, 5.41) is 12.3. The van der Waals surface area contributed by atoms with Crippen LogP contribution in [-0.4, -0.2) is 36.2 Å². The first-order valence-corrected chi connectivity index (χ1v) is 7.92. The molecular weight excluding hydrogens is 278 g/mol. The third kappa shape index (κ3) is 5.18. The molecule has 1 heterocycles. The monoisotopic (exact) mass is 295 g/mol. The molecule has 6 heteroatoms. The van der Waals surface area contributed by atoms with E-state index >= 15 is 0 Å². The lowest BCUT2D eigenvalue weighted by atomic mass is 10.2. The van der Waals surface area contributed by atoms with Crippen molar-refractivity contribution in [1.29, 1.82) is 0 Å². The lowest BCUT2D eigenvalue weighted by Crippen LogP contribution is -2.06. The third-order valence-corrected chi connectivity index (χ3v) is 4.46. The Labute approximate surface area is 121 Å². The van der Waals surface area contributed by atoms with Crippen LogP contribution in [0.25, 0.3) is 0 Å². The van der Waals surface area contributed by atoms with E-state index in [1.54, 1.807) is 30.2 Å². The van der Waals surface area contributed by atoms with E-state index in [1.807, 2.05) is 6.07 Å². The van der Waals surface area contributed by atoms with Crippen LogP contribution in [0.2, 0.25) is 0 Å². The third-order valence-electron chi connectivity index (χ3n) is 2.45. The molecule has 2 rings (SSSR count). The Hall–Kier alpha value is -1.11. The van der Waals surface area contributed by atoms with E-state index in [2.05, 4.69) is 39.8 Å². The number of methoxy groups -OCH3 is 1. The van der Waals surface area contributed by atoms with Gasteiger partial charge in [-0.15, -0.1) is 10.2 Å². The molecule has 102 valence electrons. The molecule has 1 N–H and O–H groups in total. The first-order chi connectivity index (χ1) is 9.38. The number of nitrogens with zero attached hydrogens (tertiary/aromatic N) is 2. The number of aryl methyl sites for hydroxylation is 1. The number of hydrogen-bond acceptors (Lipinski definition) is 6. The Kier molecular flexibility index (Phi) is 6.13. The molecule has 1 aromatic heterocycles. The largest absolute Gasteiger partial charge is 0.383 e. The predicted octanol–water partition coefficient (Wildman–Crippen LogP) is 2.93. The first-order valence-electron chi connectivity index (χ1n) is 6.11. The van der Waals surface area contributed by atoms with Gasteiger partial charge in [0.2, 0.25) is 5.13 Å². The van der Waals surface area contributed by atoms with Gasteiger partial charge >= 0.3 is 0 Å². The maximum absolute atomic E-state index is 4.97. The lowest BCUT2D eigenvalue weighted by Gasteiger charge is -1.99. The average molecular weight is 295 g/mol. The summed E-state index contributed by atoms with van der Waals surface area (Å²) in [6.07, 6.45) is 1.05. The summed E-state index contributed by atoms with van der Waals surface area (Å²) in [4.78, 5) is 0. The number of anilines is 1. The van der Waals surface area contributed by atoms with Gasteiger partial charge in [0.05, 0.1) is 6.61 Å². The lowest BCUT2D eigenvalue weighted by molar-refractivity contribution is 0.211. The van der Waals surface area contributed by atoms with E-state index in [4.69, 9.17) is 4.74 Å². The van der Waals surface area contributed by atoms with Crippen LogP contribution in [0.3, 0.4) is 0 Å². The van der Waals surface area contributed by atoms with E-state index < -0.39 is 0 Å². The fraction of sp³-hybridized carbons (Fsp3) is 0.385. The van der Waals surface area contributed by atoms with E-state index in [1.165, 1.54) is 5.56 Å². The van der Waals surface area contributed by atoms with Crippen LogP contribution in [0.1, 0.15) is 5.56 Å². The minimum atomic E-state index is 0.677. The Bertz CT molecular complexity index is 476. The quantitative estimate of drug-likeness (QED) is 0.599. The van der Waals surface area contributed by atoms with E-state index in [0.29, 0.717) is 6.61 Å². The van der Waals surface area contributed by atoms with Crippen molar-refractivity contribution >= 4 is 28.2 Å². The van der Waals surface area contributed by atoms with Crippen LogP contribution in [0.4, 0.5) is 5.13 Å². The molecule has 0 aliphatic carbocycles. The van der Waals surface area contributed by atoms with Crippen LogP contribution in [0.5, 0.6) is 0 Å². The molecule has 0 unspecified atom stereocenters. The normalized spacial score (nSPS) is 10.6. The van der Waals surface area contributed by atoms with Crippen molar-refractivity contribution in [3.63, 3.8) is 0 Å². The van der Waals surface area contributed by atoms with Crippen LogP contribution in [0, 0.1) is 0 Å². The van der Waals surface area contributed by atoms with E-state index in [-0.39, 0.29) is 0 Å². The minimum Gasteiger partial charge on any atom is -0.383 e. The number of hydrogen-bond donors (Lipinski definition) is 1. The van der Waals surface area contributed by atoms with Crippen molar-refractivity contribution in [2.45, 2.75) is 10.8 Å². The van der Waals surface area contributed by atoms with E-state index in [0.717, 1.165) is 28.2 Å². The number of thioether (sulfide) groups is 1. The topological polar surface area (TPSA) is 47.0 Å². The average Bonchev–Trinajstić information content (AvgIpc) is 2.88. The van der Waals surface area contributed by atoms with Crippen LogP contribution in [0.15, 0.2) is 34.7 Å². The highest BCUT2D eigenvalue weighted by atomic mass is 32.2. The van der Waals surface area contributed by atoms with Crippen molar-refractivity contribution in [2.75, 3.05) is 31.3 Å². The van der Waals surface area contributed by atoms with Crippen molar-refractivity contribution in [1.82, 2.24) is 10.2 Å². The Morgan fingerprint density at radius 3 is 2.89 bits per heavy atom. The van der Waals surface area contributed by atoms with Crippen LogP contribution in [-0.2, 0) is 11.2 Å². The summed E-state index contributed by atoms with van der Waals surface area (Å²) < 4.78 is 5.98. The molecule has 0 saturated heterocycles. The predicted molar refractivity (Wildman–Crippen MR) is 81.1 cm³/mol. The Balaban J connectivity index is 1.71. The van der Waals surface area contributed by atoms with Gasteiger partial charge < -0.3 is 10.1 Å². The minimum absolute atomic E-state index is 0.677. The van der Waals surface area contributed by atoms with Gasteiger partial charge in [-0.25, -0.2) is 0 Å². The molecule has 0 aliphatic heterocycles. The molecule has 4 nitrogen and oxygen atoms in total. The number of ether oxygens (including phenoxy) is 1. The zero-order valence-electron chi connectivity index (χ0n) is 10.8. The van der Waals surface area contributed by atoms with Gasteiger partial charge in [-0.3, -0.25) is 0 Å². The van der Waals surface area contributed by atoms with Gasteiger partial charge in [0.25, 0.3) is 0 Å². The second kappa shape index (κ2) is 8.14. The maximum Gasteiger partial charge on any atom is 0.206 e. The summed E-state index contributed by atoms with van der Waals surface area (Å²) >= 11 is 3.34. The molecule has 2 aromatic rings. The second-order valence-corrected chi connectivity index (χ2v) is 6.20. The van der Waals surface area contributed by atoms with Gasteiger partial charge in [0, 0.05) is 19.4 Å². The molecule has 0 atom stereocenters. The van der Waals surface area contributed by atoms with Gasteiger partial charge in [0.15, 0.2) is 4.34 Å². The summed E-state index contributed by atoms with van der Waals surface area (Å²) in [6, 6.07) is 10.5. The van der Waals surface area contributed by atoms with Crippen molar-refractivity contribution in [2.24, 2.45) is 0 Å². The molecule has 1 aromatic carbocycles. The second-order valence-electron chi connectivity index (χ2n) is 3.88. The fourth-order valence-electron chi connectivity index (χ4n) is 1.50. The highest BCUT2D eigenvalue weighted by molar-refractivity contribution is 8.01. The van der Waals surface area contributed by atoms with Gasteiger partial charge in [-0.2, -0.15) is 0 Å². The van der Waals surface area contributed by atoms with Gasteiger partial charge in [-0.1, -0.05) is 53.4 Å². The fourth-order valence-corrected chi connectivity index (χ4v) is 3.34. The van der Waals surface area contributed by atoms with Crippen molar-refractivity contribution < 1.29 is 4.74 Å². The molecule has 0 spiro atoms. The SMILES string of the molecule is COCCNc1nnc(SCCc2ccccc2)s1. The molecule has 0 saturated carbocycles. The molecule has 19 heavy (non-hydrogen) atoms. The molecular formula is C13H17N3OS2. The molecule has 0 bridgehead atoms. The zero-order chi connectivity index (χ0) is 13.3. The molecule has 0 radical (unpaired) electrons. The Morgan fingerprint density at radius 2 is 2.11 bits per heavy atom. The molecule has 0 aliphatic rings. The highest BCUT2D eigenvalue weighted by Crippen LogP contribution is 2.25. The smallest absolute Gasteiger partial charge is 0.206 e. The maximum atomic E-state index is 4.97. The summed E-state index contributed by atoms with van der Waals surface area (Å²) in [5.41, 5.74) is 1.36. The molecule has 0 amide bonds. The van der Waals surface area contributed by atoms with Crippen LogP contribution >= 0.6 is 23.1 Å². The van der Waals surface area contributed by atoms with Gasteiger partial charge in [-0.05, 0) is 12.0 Å². The number of benzene rings is 1. The summed E-state index contributed by atoms with van der Waals surface area (Å²) in [6.45, 7) is 1.44. The number of nitrogens with one attached hydrogen (secondary N) is 1. The standard InChI is InChI=1S/C13H17N3OS2/c1-17-9-8-14-12-15-16-13(19-12)18-10-7-11-5-3-2-4-6-11/h2-6H,7-10H2,1H3,(H,14,15). The number of aromatic nitrogens is 2. The summed E-state index contributed by atoms with van der Waals surface area (Å²) in [5.74, 6) is 1.02. The van der Waals surface area contributed by atoms with Crippen molar-refractivity contribution in [3.05, 3.63) is 35.9 Å². The molecule has 0 fully saturated rings. The Morgan fingerprint density at radius 1 is 1.26 bits per heavy atom. The first kappa shape index (κ1) is 14.3. The van der Waals surface area contributed by atoms with Gasteiger partial charge in [0.1, 0.15) is 0 Å². The van der Waals surface area contributed by atoms with Crippen molar-refractivity contribution in [3.8, 4) is 0 Å². The highest BCUT2D eigenvalue weighted by Gasteiger charge is 2.04. The van der Waals surface area contributed by atoms with E-state index in [9.17, 15) is 0 Å². The summed E-state index contributed by atoms with van der Waals surface area (Å²) in [7, 11) is 1.69. The number of rotatable bonds is 8. The van der Waals surface area contributed by atoms with Crippen LogP contribution < -0.4 is 5.32 Å². The zero-order valence-corrected chi connectivity index (χ0v) is 12.5.